The van der Waals surface area contributed by atoms with E-state index >= 15 is 0 Å². The van der Waals surface area contributed by atoms with Gasteiger partial charge in [-0.3, -0.25) is 4.79 Å². The van der Waals surface area contributed by atoms with Crippen LogP contribution in [0.15, 0.2) is 0 Å². The summed E-state index contributed by atoms with van der Waals surface area (Å²) in [6.45, 7) is 8.48. The van der Waals surface area contributed by atoms with Gasteiger partial charge in [-0.1, -0.05) is 27.2 Å². The van der Waals surface area contributed by atoms with Gasteiger partial charge >= 0.3 is 0 Å². The van der Waals surface area contributed by atoms with Gasteiger partial charge in [-0.05, 0) is 32.7 Å². The molecular weight excluding hydrogens is 216 g/mol. The van der Waals surface area contributed by atoms with Crippen LogP contribution in [0.4, 0.5) is 0 Å². The van der Waals surface area contributed by atoms with E-state index in [1.54, 1.807) is 6.92 Å². The molecule has 0 fully saturated rings. The SMILES string of the molecule is CCC(C)(O)C(=O)C(N)CCCCNC(C)C. The smallest absolute Gasteiger partial charge is 0.180 e. The van der Waals surface area contributed by atoms with E-state index in [-0.39, 0.29) is 5.78 Å². The van der Waals surface area contributed by atoms with Gasteiger partial charge in [0.2, 0.25) is 0 Å². The van der Waals surface area contributed by atoms with E-state index in [1.807, 2.05) is 0 Å². The zero-order chi connectivity index (χ0) is 13.5. The molecule has 0 aliphatic heterocycles. The lowest BCUT2D eigenvalue weighted by Gasteiger charge is -2.23. The fourth-order valence-corrected chi connectivity index (χ4v) is 1.58. The molecule has 0 aliphatic rings. The molecule has 0 aliphatic carbocycles. The Labute approximate surface area is 105 Å². The first kappa shape index (κ1) is 16.6. The molecule has 0 aromatic carbocycles. The minimum Gasteiger partial charge on any atom is -0.382 e. The minimum atomic E-state index is -1.27. The largest absolute Gasteiger partial charge is 0.382 e. The Balaban J connectivity index is 3.79. The van der Waals surface area contributed by atoms with E-state index in [2.05, 4.69) is 19.2 Å². The summed E-state index contributed by atoms with van der Waals surface area (Å²) >= 11 is 0. The highest BCUT2D eigenvalue weighted by molar-refractivity contribution is 5.91. The highest BCUT2D eigenvalue weighted by Gasteiger charge is 2.31. The number of hydrogen-bond acceptors (Lipinski definition) is 4. The third-order valence-electron chi connectivity index (χ3n) is 3.05. The number of carbonyl (C=O) groups is 1. The molecule has 0 saturated carbocycles. The molecule has 0 aromatic heterocycles. The van der Waals surface area contributed by atoms with E-state index < -0.39 is 11.6 Å². The van der Waals surface area contributed by atoms with Gasteiger partial charge in [-0.25, -0.2) is 0 Å². The molecule has 0 saturated heterocycles. The molecule has 17 heavy (non-hydrogen) atoms. The first-order valence-corrected chi connectivity index (χ1v) is 6.57. The zero-order valence-corrected chi connectivity index (χ0v) is 11.6. The van der Waals surface area contributed by atoms with Crippen molar-refractivity contribution in [3.05, 3.63) is 0 Å². The molecule has 0 spiro atoms. The van der Waals surface area contributed by atoms with Crippen molar-refractivity contribution in [1.82, 2.24) is 5.32 Å². The Kier molecular flexibility index (Phi) is 7.59. The molecular formula is C13H28N2O2. The Morgan fingerprint density at radius 1 is 1.41 bits per heavy atom. The van der Waals surface area contributed by atoms with Crippen molar-refractivity contribution < 1.29 is 9.90 Å². The molecule has 0 amide bonds. The lowest BCUT2D eigenvalue weighted by Crippen LogP contribution is -2.46. The third-order valence-corrected chi connectivity index (χ3v) is 3.05. The van der Waals surface area contributed by atoms with Crippen molar-refractivity contribution in [2.75, 3.05) is 6.54 Å². The van der Waals surface area contributed by atoms with Gasteiger partial charge in [-0.2, -0.15) is 0 Å². The molecule has 2 unspecified atom stereocenters. The van der Waals surface area contributed by atoms with Crippen LogP contribution in [-0.2, 0) is 4.79 Å². The Morgan fingerprint density at radius 2 is 2.00 bits per heavy atom. The maximum Gasteiger partial charge on any atom is 0.180 e. The first-order chi connectivity index (χ1) is 7.81. The molecule has 0 rings (SSSR count). The van der Waals surface area contributed by atoms with Crippen molar-refractivity contribution in [2.24, 2.45) is 5.73 Å². The van der Waals surface area contributed by atoms with Gasteiger partial charge in [0, 0.05) is 6.04 Å². The lowest BCUT2D eigenvalue weighted by molar-refractivity contribution is -0.137. The van der Waals surface area contributed by atoms with Crippen LogP contribution in [0.25, 0.3) is 0 Å². The number of ketones is 1. The summed E-state index contributed by atoms with van der Waals surface area (Å²) in [5.41, 5.74) is 4.52. The monoisotopic (exact) mass is 244 g/mol. The molecule has 0 aromatic rings. The number of nitrogens with one attached hydrogen (secondary N) is 1. The van der Waals surface area contributed by atoms with Crippen molar-refractivity contribution in [3.8, 4) is 0 Å². The van der Waals surface area contributed by atoms with Crippen molar-refractivity contribution >= 4 is 5.78 Å². The van der Waals surface area contributed by atoms with Crippen molar-refractivity contribution in [2.45, 2.75) is 71.1 Å². The standard InChI is InChI=1S/C13H28N2O2/c1-5-13(4,17)12(16)11(14)8-6-7-9-15-10(2)3/h10-11,15,17H,5-9,14H2,1-4H3. The second kappa shape index (κ2) is 7.80. The fraction of sp³-hybridized carbons (Fsp3) is 0.923. The molecule has 4 N–H and O–H groups in total. The van der Waals surface area contributed by atoms with Crippen LogP contribution in [-0.4, -0.2) is 35.1 Å². The topological polar surface area (TPSA) is 75.3 Å². The lowest BCUT2D eigenvalue weighted by atomic mass is 9.90. The van der Waals surface area contributed by atoms with E-state index in [0.29, 0.717) is 18.9 Å². The maximum atomic E-state index is 11.8. The normalized spacial score (nSPS) is 16.9. The summed E-state index contributed by atoms with van der Waals surface area (Å²) in [4.78, 5) is 11.8. The van der Waals surface area contributed by atoms with Gasteiger partial charge < -0.3 is 16.2 Å². The molecule has 2 atom stereocenters. The van der Waals surface area contributed by atoms with Crippen LogP contribution in [0.2, 0.25) is 0 Å². The van der Waals surface area contributed by atoms with Gasteiger partial charge in [0.15, 0.2) is 5.78 Å². The summed E-state index contributed by atoms with van der Waals surface area (Å²) in [6, 6.07) is -0.0462. The highest BCUT2D eigenvalue weighted by Crippen LogP contribution is 2.14. The van der Waals surface area contributed by atoms with Gasteiger partial charge in [0.25, 0.3) is 0 Å². The second-order valence-corrected chi connectivity index (χ2v) is 5.20. The molecule has 0 bridgehead atoms. The molecule has 102 valence electrons. The predicted octanol–water partition coefficient (Wildman–Crippen LogP) is 1.21. The van der Waals surface area contributed by atoms with Crippen LogP contribution < -0.4 is 11.1 Å². The summed E-state index contributed by atoms with van der Waals surface area (Å²) < 4.78 is 0. The van der Waals surface area contributed by atoms with E-state index in [9.17, 15) is 9.90 Å². The van der Waals surface area contributed by atoms with E-state index in [0.717, 1.165) is 19.4 Å². The molecule has 0 radical (unpaired) electrons. The Bertz CT molecular complexity index is 227. The number of Topliss-reactive ketones (excluding diaryl/α,β-unsaturated/α-hetero) is 1. The third kappa shape index (κ3) is 6.76. The summed E-state index contributed by atoms with van der Waals surface area (Å²) in [5.74, 6) is -0.239. The number of hydrogen-bond donors (Lipinski definition) is 3. The number of aliphatic hydroxyl groups is 1. The van der Waals surface area contributed by atoms with Crippen molar-refractivity contribution in [3.63, 3.8) is 0 Å². The number of carbonyl (C=O) groups excluding carboxylic acids is 1. The predicted molar refractivity (Wildman–Crippen MR) is 70.9 cm³/mol. The van der Waals surface area contributed by atoms with Crippen LogP contribution in [0.5, 0.6) is 0 Å². The average molecular weight is 244 g/mol. The maximum absolute atomic E-state index is 11.8. The molecule has 4 nitrogen and oxygen atoms in total. The Hall–Kier alpha value is -0.450. The average Bonchev–Trinajstić information content (AvgIpc) is 2.26. The zero-order valence-electron chi connectivity index (χ0n) is 11.6. The number of nitrogens with two attached hydrogens (primary N) is 1. The number of unbranched alkanes of at least 4 members (excludes halogenated alkanes) is 1. The van der Waals surface area contributed by atoms with Gasteiger partial charge in [0.1, 0.15) is 5.60 Å². The van der Waals surface area contributed by atoms with Crippen LogP contribution >= 0.6 is 0 Å². The van der Waals surface area contributed by atoms with E-state index in [4.69, 9.17) is 5.73 Å². The number of rotatable bonds is 9. The summed E-state index contributed by atoms with van der Waals surface area (Å²) in [6.07, 6.45) is 2.98. The summed E-state index contributed by atoms with van der Waals surface area (Å²) in [7, 11) is 0. The van der Waals surface area contributed by atoms with Crippen LogP contribution in [0.3, 0.4) is 0 Å². The van der Waals surface area contributed by atoms with Crippen LogP contribution in [0.1, 0.15) is 53.4 Å². The second-order valence-electron chi connectivity index (χ2n) is 5.20. The molecule has 4 heteroatoms. The van der Waals surface area contributed by atoms with E-state index in [1.165, 1.54) is 6.92 Å². The van der Waals surface area contributed by atoms with Gasteiger partial charge in [-0.15, -0.1) is 0 Å². The Morgan fingerprint density at radius 3 is 2.47 bits per heavy atom. The van der Waals surface area contributed by atoms with Crippen LogP contribution in [0, 0.1) is 0 Å². The van der Waals surface area contributed by atoms with Gasteiger partial charge in [0.05, 0.1) is 6.04 Å². The van der Waals surface area contributed by atoms with Crippen molar-refractivity contribution in [1.29, 1.82) is 0 Å². The first-order valence-electron chi connectivity index (χ1n) is 6.57. The highest BCUT2D eigenvalue weighted by atomic mass is 16.3. The quantitative estimate of drug-likeness (QED) is 0.533. The summed E-state index contributed by atoms with van der Waals surface area (Å²) in [5, 5.41) is 13.1. The molecule has 0 heterocycles. The minimum absolute atomic E-state index is 0.239. The fourth-order valence-electron chi connectivity index (χ4n) is 1.58.